The second kappa shape index (κ2) is 9.55. The van der Waals surface area contributed by atoms with E-state index >= 15 is 0 Å². The Morgan fingerprint density at radius 3 is 2.79 bits per heavy atom. The van der Waals surface area contributed by atoms with Crippen LogP contribution in [0.4, 0.5) is 5.82 Å². The van der Waals surface area contributed by atoms with Crippen molar-refractivity contribution in [1.29, 1.82) is 5.26 Å². The molecule has 0 unspecified atom stereocenters. The molecule has 3 rings (SSSR count). The number of carbonyl (C=O) groups excluding carboxylic acids is 1. The Labute approximate surface area is 164 Å². The fourth-order valence-corrected chi connectivity index (χ4v) is 3.14. The Balaban J connectivity index is 1.40. The van der Waals surface area contributed by atoms with Gasteiger partial charge in [0, 0.05) is 38.1 Å². The molecule has 0 atom stereocenters. The van der Waals surface area contributed by atoms with Gasteiger partial charge in [-0.1, -0.05) is 6.07 Å². The van der Waals surface area contributed by atoms with Crippen LogP contribution in [0.3, 0.4) is 0 Å². The summed E-state index contributed by atoms with van der Waals surface area (Å²) in [5.41, 5.74) is 0.351. The number of nitriles is 1. The van der Waals surface area contributed by atoms with Gasteiger partial charge in [-0.2, -0.15) is 5.26 Å². The highest BCUT2D eigenvalue weighted by Gasteiger charge is 2.22. The Hall–Kier alpha value is -3.34. The fourth-order valence-electron chi connectivity index (χ4n) is 3.14. The number of aromatic nitrogens is 2. The summed E-state index contributed by atoms with van der Waals surface area (Å²) < 4.78 is 10.6. The number of hydrogen-bond acceptors (Lipinski definition) is 7. The summed E-state index contributed by atoms with van der Waals surface area (Å²) in [7, 11) is 1.59. The molecular formula is C20H23N5O3. The van der Waals surface area contributed by atoms with Gasteiger partial charge in [-0.15, -0.1) is 0 Å². The maximum Gasteiger partial charge on any atom is 0.257 e. The van der Waals surface area contributed by atoms with Gasteiger partial charge >= 0.3 is 0 Å². The predicted octanol–water partition coefficient (Wildman–Crippen LogP) is 1.77. The molecule has 0 saturated carbocycles. The number of ether oxygens (including phenoxy) is 2. The molecular weight excluding hydrogens is 358 g/mol. The number of carbonyl (C=O) groups is 1. The maximum atomic E-state index is 12.1. The summed E-state index contributed by atoms with van der Waals surface area (Å²) in [6, 6.07) is 9.24. The van der Waals surface area contributed by atoms with E-state index in [2.05, 4.69) is 26.3 Å². The zero-order chi connectivity index (χ0) is 19.8. The van der Waals surface area contributed by atoms with Crippen molar-refractivity contribution in [2.75, 3.05) is 38.3 Å². The molecule has 2 aromatic rings. The molecule has 1 saturated heterocycles. The van der Waals surface area contributed by atoms with E-state index in [-0.39, 0.29) is 12.5 Å². The van der Waals surface area contributed by atoms with Crippen LogP contribution < -0.4 is 19.7 Å². The molecule has 1 aromatic heterocycles. The monoisotopic (exact) mass is 381 g/mol. The van der Waals surface area contributed by atoms with E-state index in [9.17, 15) is 4.79 Å². The number of methoxy groups -OCH3 is 1. The van der Waals surface area contributed by atoms with Crippen molar-refractivity contribution in [2.45, 2.75) is 12.8 Å². The Morgan fingerprint density at radius 1 is 1.29 bits per heavy atom. The van der Waals surface area contributed by atoms with E-state index in [1.165, 1.54) is 6.20 Å². The highest BCUT2D eigenvalue weighted by Crippen LogP contribution is 2.23. The lowest BCUT2D eigenvalue weighted by atomic mass is 9.96. The van der Waals surface area contributed by atoms with Crippen molar-refractivity contribution in [3.8, 4) is 17.6 Å². The van der Waals surface area contributed by atoms with Crippen molar-refractivity contribution in [3.63, 3.8) is 0 Å². The quantitative estimate of drug-likeness (QED) is 0.780. The Morgan fingerprint density at radius 2 is 2.04 bits per heavy atom. The van der Waals surface area contributed by atoms with E-state index in [1.807, 2.05) is 12.1 Å². The van der Waals surface area contributed by atoms with Crippen LogP contribution >= 0.6 is 0 Å². The average molecular weight is 381 g/mol. The first-order valence-electron chi connectivity index (χ1n) is 9.19. The van der Waals surface area contributed by atoms with Crippen LogP contribution in [0, 0.1) is 17.2 Å². The second-order valence-corrected chi connectivity index (χ2v) is 6.54. The van der Waals surface area contributed by atoms with Gasteiger partial charge < -0.3 is 19.7 Å². The van der Waals surface area contributed by atoms with Crippen molar-refractivity contribution >= 4 is 11.7 Å². The molecule has 8 heteroatoms. The summed E-state index contributed by atoms with van der Waals surface area (Å²) in [6.07, 6.45) is 4.96. The highest BCUT2D eigenvalue weighted by molar-refractivity contribution is 5.77. The average Bonchev–Trinajstić information content (AvgIpc) is 2.76. The minimum absolute atomic E-state index is 0.0306. The van der Waals surface area contributed by atoms with Gasteiger partial charge in [0.2, 0.25) is 0 Å². The molecule has 1 aliphatic heterocycles. The van der Waals surface area contributed by atoms with Gasteiger partial charge in [-0.25, -0.2) is 9.97 Å². The predicted molar refractivity (Wildman–Crippen MR) is 103 cm³/mol. The van der Waals surface area contributed by atoms with Crippen molar-refractivity contribution in [3.05, 3.63) is 42.4 Å². The number of nitrogens with one attached hydrogen (secondary N) is 1. The molecule has 1 aliphatic rings. The minimum Gasteiger partial charge on any atom is -0.497 e. The van der Waals surface area contributed by atoms with Crippen LogP contribution in [0.25, 0.3) is 0 Å². The molecule has 1 fully saturated rings. The molecule has 0 bridgehead atoms. The van der Waals surface area contributed by atoms with Gasteiger partial charge in [-0.05, 0) is 30.9 Å². The van der Waals surface area contributed by atoms with Crippen LogP contribution in [0.1, 0.15) is 18.5 Å². The normalized spacial score (nSPS) is 14.2. The van der Waals surface area contributed by atoms with Crippen LogP contribution in [0.5, 0.6) is 11.5 Å². The molecule has 146 valence electrons. The van der Waals surface area contributed by atoms with Crippen molar-refractivity contribution < 1.29 is 14.3 Å². The zero-order valence-electron chi connectivity index (χ0n) is 15.8. The number of hydrogen-bond donors (Lipinski definition) is 1. The number of amides is 1. The number of piperidine rings is 1. The standard InChI is InChI=1S/C20H23N5O3/c1-27-16-3-2-4-17(11-16)28-14-19(26)24-13-15-5-9-25(10-6-15)20-18(12-21)22-7-8-23-20/h2-4,7-8,11,15H,5-6,9-10,13-14H2,1H3,(H,24,26). The third kappa shape index (κ3) is 5.10. The lowest BCUT2D eigenvalue weighted by Crippen LogP contribution is -2.40. The summed E-state index contributed by atoms with van der Waals surface area (Å²) in [5, 5.41) is 12.1. The van der Waals surface area contributed by atoms with Gasteiger partial charge in [0.25, 0.3) is 5.91 Å². The van der Waals surface area contributed by atoms with E-state index in [0.717, 1.165) is 25.9 Å². The second-order valence-electron chi connectivity index (χ2n) is 6.54. The number of rotatable bonds is 7. The summed E-state index contributed by atoms with van der Waals surface area (Å²) >= 11 is 0. The molecule has 28 heavy (non-hydrogen) atoms. The van der Waals surface area contributed by atoms with E-state index in [4.69, 9.17) is 14.7 Å². The number of nitrogens with zero attached hydrogens (tertiary/aromatic N) is 4. The van der Waals surface area contributed by atoms with Crippen molar-refractivity contribution in [1.82, 2.24) is 15.3 Å². The highest BCUT2D eigenvalue weighted by atomic mass is 16.5. The smallest absolute Gasteiger partial charge is 0.257 e. The van der Waals surface area contributed by atoms with Gasteiger partial charge in [0.15, 0.2) is 18.1 Å². The van der Waals surface area contributed by atoms with Gasteiger partial charge in [-0.3, -0.25) is 4.79 Å². The summed E-state index contributed by atoms with van der Waals surface area (Å²) in [5.74, 6) is 2.16. The zero-order valence-corrected chi connectivity index (χ0v) is 15.8. The van der Waals surface area contributed by atoms with Gasteiger partial charge in [0.1, 0.15) is 17.6 Å². The van der Waals surface area contributed by atoms with Gasteiger partial charge in [0.05, 0.1) is 7.11 Å². The van der Waals surface area contributed by atoms with Crippen LogP contribution in [0.15, 0.2) is 36.7 Å². The van der Waals surface area contributed by atoms with Crippen LogP contribution in [-0.2, 0) is 4.79 Å². The topological polar surface area (TPSA) is 100 Å². The van der Waals surface area contributed by atoms with E-state index in [0.29, 0.717) is 35.5 Å². The first-order valence-corrected chi connectivity index (χ1v) is 9.19. The van der Waals surface area contributed by atoms with E-state index < -0.39 is 0 Å². The SMILES string of the molecule is COc1cccc(OCC(=O)NCC2CCN(c3nccnc3C#N)CC2)c1. The number of anilines is 1. The summed E-state index contributed by atoms with van der Waals surface area (Å²) in [6.45, 7) is 2.15. The Bertz CT molecular complexity index is 844. The molecule has 2 heterocycles. The molecule has 0 spiro atoms. The molecule has 1 amide bonds. The molecule has 1 aromatic carbocycles. The van der Waals surface area contributed by atoms with Crippen molar-refractivity contribution in [2.24, 2.45) is 5.92 Å². The van der Waals surface area contributed by atoms with Crippen LogP contribution in [-0.4, -0.2) is 49.2 Å². The third-order valence-corrected chi connectivity index (χ3v) is 4.70. The molecule has 1 N–H and O–H groups in total. The first kappa shape index (κ1) is 19.4. The fraction of sp³-hybridized carbons (Fsp3) is 0.400. The summed E-state index contributed by atoms with van der Waals surface area (Å²) in [4.78, 5) is 22.5. The number of benzene rings is 1. The lowest BCUT2D eigenvalue weighted by Gasteiger charge is -2.32. The van der Waals surface area contributed by atoms with Crippen LogP contribution in [0.2, 0.25) is 0 Å². The first-order chi connectivity index (χ1) is 13.7. The molecule has 8 nitrogen and oxygen atoms in total. The third-order valence-electron chi connectivity index (χ3n) is 4.70. The maximum absolute atomic E-state index is 12.1. The molecule has 0 radical (unpaired) electrons. The molecule has 0 aliphatic carbocycles. The largest absolute Gasteiger partial charge is 0.497 e. The lowest BCUT2D eigenvalue weighted by molar-refractivity contribution is -0.123. The van der Waals surface area contributed by atoms with E-state index in [1.54, 1.807) is 25.4 Å². The minimum atomic E-state index is -0.147. The Kier molecular flexibility index (Phi) is 6.63.